The highest BCUT2D eigenvalue weighted by Gasteiger charge is 2.38. The number of carboxylic acids is 1. The van der Waals surface area contributed by atoms with Crippen LogP contribution in [-0.2, 0) is 35.0 Å². The molecule has 1 fully saturated rings. The van der Waals surface area contributed by atoms with Crippen molar-refractivity contribution in [2.24, 2.45) is 7.05 Å². The Morgan fingerprint density at radius 3 is 2.03 bits per heavy atom. The van der Waals surface area contributed by atoms with Crippen molar-refractivity contribution < 1.29 is 36.3 Å². The number of sulfonamides is 1. The number of nitrogens with zero attached hydrogens (tertiary/aromatic N) is 5. The number of rotatable bonds is 2. The second kappa shape index (κ2) is 8.28. The molecule has 1 N–H and O–H groups in total. The second-order valence-corrected chi connectivity index (χ2v) is 8.81. The van der Waals surface area contributed by atoms with Crippen molar-refractivity contribution in [3.05, 3.63) is 17.0 Å². The number of aryl methyl sites for hydroxylation is 1. The summed E-state index contributed by atoms with van der Waals surface area (Å²) >= 11 is 0. The first-order chi connectivity index (χ1) is 13.2. The average molecular weight is 441 g/mol. The molecule has 1 aromatic heterocycles. The number of aromatic nitrogens is 2. The molecule has 0 bridgehead atoms. The van der Waals surface area contributed by atoms with E-state index in [9.17, 15) is 26.4 Å². The van der Waals surface area contributed by atoms with Gasteiger partial charge >= 0.3 is 12.1 Å². The number of fused-ring (bicyclic) bond motifs is 1. The molecule has 0 spiro atoms. The minimum absolute atomic E-state index is 0.0969. The molecule has 164 valence electrons. The molecule has 1 aromatic rings. The minimum Gasteiger partial charge on any atom is -0.475 e. The number of carboxylic acid groups (broad SMARTS) is 1. The van der Waals surface area contributed by atoms with Gasteiger partial charge in [0.25, 0.3) is 5.91 Å². The highest BCUT2D eigenvalue weighted by atomic mass is 32.2. The van der Waals surface area contributed by atoms with E-state index >= 15 is 0 Å². The molecule has 1 saturated heterocycles. The summed E-state index contributed by atoms with van der Waals surface area (Å²) in [6.45, 7) is 3.56. The molecule has 3 heterocycles. The van der Waals surface area contributed by atoms with Crippen molar-refractivity contribution in [3.63, 3.8) is 0 Å². The molecule has 0 aliphatic carbocycles. The van der Waals surface area contributed by atoms with Crippen molar-refractivity contribution in [2.45, 2.75) is 19.3 Å². The fourth-order valence-corrected chi connectivity index (χ4v) is 3.65. The zero-order valence-corrected chi connectivity index (χ0v) is 16.9. The molecular formula is C15H22F3N5O5S. The van der Waals surface area contributed by atoms with Crippen LogP contribution in [0.5, 0.6) is 0 Å². The van der Waals surface area contributed by atoms with Gasteiger partial charge in [0.1, 0.15) is 0 Å². The van der Waals surface area contributed by atoms with Crippen molar-refractivity contribution >= 4 is 21.9 Å². The van der Waals surface area contributed by atoms with E-state index in [-0.39, 0.29) is 19.0 Å². The lowest BCUT2D eigenvalue weighted by atomic mass is 10.2. The standard InChI is InChI=1S/C13H21N5O3S.C2HF3O2/c1-15-4-6-17(7-5-15)13(19)12-10-8-18(22(3,20)21)9-11(10)16(2)14-12;3-2(4,5)1(6)7/h4-9H2,1-3H3;(H,6,7). The zero-order chi connectivity index (χ0) is 22.1. The number of aliphatic carboxylic acids is 1. The van der Waals surface area contributed by atoms with E-state index in [0.717, 1.165) is 24.3 Å². The highest BCUT2D eigenvalue weighted by Crippen LogP contribution is 2.28. The third kappa shape index (κ3) is 5.45. The van der Waals surface area contributed by atoms with Gasteiger partial charge in [0, 0.05) is 45.3 Å². The van der Waals surface area contributed by atoms with Crippen molar-refractivity contribution in [1.82, 2.24) is 23.9 Å². The van der Waals surface area contributed by atoms with Crippen molar-refractivity contribution in [2.75, 3.05) is 39.5 Å². The predicted octanol–water partition coefficient (Wildman–Crippen LogP) is -0.284. The molecule has 0 atom stereocenters. The third-order valence-electron chi connectivity index (χ3n) is 4.64. The van der Waals surface area contributed by atoms with Gasteiger partial charge in [0.05, 0.1) is 18.5 Å². The Labute approximate surface area is 165 Å². The third-order valence-corrected chi connectivity index (χ3v) is 5.84. The molecule has 10 nitrogen and oxygen atoms in total. The maximum atomic E-state index is 12.7. The van der Waals surface area contributed by atoms with Crippen LogP contribution < -0.4 is 0 Å². The number of halogens is 3. The first-order valence-electron chi connectivity index (χ1n) is 8.49. The smallest absolute Gasteiger partial charge is 0.475 e. The number of alkyl halides is 3. The van der Waals surface area contributed by atoms with Gasteiger partial charge in [-0.25, -0.2) is 13.2 Å². The summed E-state index contributed by atoms with van der Waals surface area (Å²) < 4.78 is 58.2. The van der Waals surface area contributed by atoms with E-state index < -0.39 is 22.2 Å². The maximum absolute atomic E-state index is 12.7. The van der Waals surface area contributed by atoms with Crippen LogP contribution in [0, 0.1) is 0 Å². The van der Waals surface area contributed by atoms with E-state index in [2.05, 4.69) is 10.00 Å². The Hall–Kier alpha value is -2.19. The molecule has 2 aliphatic rings. The molecule has 1 amide bonds. The van der Waals surface area contributed by atoms with Gasteiger partial charge in [-0.05, 0) is 7.05 Å². The van der Waals surface area contributed by atoms with Crippen LogP contribution in [0.2, 0.25) is 0 Å². The number of piperazine rings is 1. The van der Waals surface area contributed by atoms with Crippen molar-refractivity contribution in [1.29, 1.82) is 0 Å². The molecule has 3 rings (SSSR count). The zero-order valence-electron chi connectivity index (χ0n) is 16.1. The Morgan fingerprint density at radius 2 is 1.59 bits per heavy atom. The van der Waals surface area contributed by atoms with Gasteiger partial charge in [0.2, 0.25) is 10.0 Å². The van der Waals surface area contributed by atoms with Gasteiger partial charge in [-0.1, -0.05) is 0 Å². The Kier molecular flexibility index (Phi) is 6.59. The first-order valence-corrected chi connectivity index (χ1v) is 10.3. The van der Waals surface area contributed by atoms with Gasteiger partial charge < -0.3 is 14.9 Å². The Bertz CT molecular complexity index is 891. The van der Waals surface area contributed by atoms with Crippen LogP contribution in [0.25, 0.3) is 0 Å². The molecule has 0 radical (unpaired) electrons. The summed E-state index contributed by atoms with van der Waals surface area (Å²) in [7, 11) is 0.516. The van der Waals surface area contributed by atoms with Gasteiger partial charge in [-0.15, -0.1) is 0 Å². The molecule has 0 unspecified atom stereocenters. The SMILES string of the molecule is CN1CCN(C(=O)c2nn(C)c3c2CN(S(C)(=O)=O)C3)CC1.O=C(O)C(F)(F)F. The van der Waals surface area contributed by atoms with E-state index in [0.29, 0.717) is 18.8 Å². The van der Waals surface area contributed by atoms with Crippen LogP contribution in [0.3, 0.4) is 0 Å². The van der Waals surface area contributed by atoms with Crippen LogP contribution >= 0.6 is 0 Å². The number of carbonyl (C=O) groups is 2. The summed E-state index contributed by atoms with van der Waals surface area (Å²) in [5.41, 5.74) is 1.95. The maximum Gasteiger partial charge on any atom is 0.490 e. The summed E-state index contributed by atoms with van der Waals surface area (Å²) in [6, 6.07) is 0. The number of hydrogen-bond acceptors (Lipinski definition) is 6. The summed E-state index contributed by atoms with van der Waals surface area (Å²) in [6.07, 6.45) is -3.89. The van der Waals surface area contributed by atoms with Crippen LogP contribution in [-0.4, -0.2) is 94.9 Å². The summed E-state index contributed by atoms with van der Waals surface area (Å²) in [5, 5.41) is 11.5. The average Bonchev–Trinajstić information content (AvgIpc) is 3.15. The number of likely N-dealkylation sites (N-methyl/N-ethyl adjacent to an activating group) is 1. The molecule has 29 heavy (non-hydrogen) atoms. The molecule has 0 saturated carbocycles. The Balaban J connectivity index is 0.000000370. The quantitative estimate of drug-likeness (QED) is 0.671. The van der Waals surface area contributed by atoms with E-state index in [4.69, 9.17) is 9.90 Å². The minimum atomic E-state index is -5.08. The number of amides is 1. The number of carbonyl (C=O) groups excluding carboxylic acids is 1. The lowest BCUT2D eigenvalue weighted by molar-refractivity contribution is -0.192. The van der Waals surface area contributed by atoms with E-state index in [1.165, 1.54) is 10.6 Å². The van der Waals surface area contributed by atoms with Gasteiger partial charge in [-0.3, -0.25) is 9.48 Å². The Morgan fingerprint density at radius 1 is 1.07 bits per heavy atom. The van der Waals surface area contributed by atoms with Crippen LogP contribution in [0.1, 0.15) is 21.7 Å². The fourth-order valence-electron chi connectivity index (χ4n) is 2.93. The monoisotopic (exact) mass is 441 g/mol. The predicted molar refractivity (Wildman–Crippen MR) is 94.4 cm³/mol. The summed E-state index contributed by atoms with van der Waals surface area (Å²) in [5.74, 6) is -2.85. The molecule has 0 aromatic carbocycles. The fraction of sp³-hybridized carbons (Fsp3) is 0.667. The lowest BCUT2D eigenvalue weighted by Gasteiger charge is -2.32. The van der Waals surface area contributed by atoms with Gasteiger partial charge in [0.15, 0.2) is 5.69 Å². The normalized spacial score (nSPS) is 18.2. The van der Waals surface area contributed by atoms with Crippen LogP contribution in [0.15, 0.2) is 0 Å². The highest BCUT2D eigenvalue weighted by molar-refractivity contribution is 7.88. The first kappa shape index (κ1) is 23.1. The largest absolute Gasteiger partial charge is 0.490 e. The molecular weight excluding hydrogens is 419 g/mol. The summed E-state index contributed by atoms with van der Waals surface area (Å²) in [4.78, 5) is 25.6. The number of hydrogen-bond donors (Lipinski definition) is 1. The van der Waals surface area contributed by atoms with Gasteiger partial charge in [-0.2, -0.15) is 22.6 Å². The second-order valence-electron chi connectivity index (χ2n) is 6.83. The lowest BCUT2D eigenvalue weighted by Crippen LogP contribution is -2.47. The van der Waals surface area contributed by atoms with E-state index in [1.54, 1.807) is 16.6 Å². The molecule has 2 aliphatic heterocycles. The topological polar surface area (TPSA) is 116 Å². The van der Waals surface area contributed by atoms with Crippen LogP contribution in [0.4, 0.5) is 13.2 Å². The van der Waals surface area contributed by atoms with Crippen molar-refractivity contribution in [3.8, 4) is 0 Å². The molecule has 14 heteroatoms. The van der Waals surface area contributed by atoms with E-state index in [1.807, 2.05) is 7.05 Å².